The Bertz CT molecular complexity index is 1080. The van der Waals surface area contributed by atoms with E-state index in [2.05, 4.69) is 41.1 Å². The predicted molar refractivity (Wildman–Crippen MR) is 136 cm³/mol. The van der Waals surface area contributed by atoms with Crippen molar-refractivity contribution in [1.29, 1.82) is 0 Å². The van der Waals surface area contributed by atoms with Gasteiger partial charge in [0.15, 0.2) is 11.0 Å². The lowest BCUT2D eigenvalue weighted by Gasteiger charge is -2.22. The highest BCUT2D eigenvalue weighted by atomic mass is 32.2. The molecule has 0 atom stereocenters. The fourth-order valence-electron chi connectivity index (χ4n) is 3.66. The zero-order valence-corrected chi connectivity index (χ0v) is 20.8. The number of primary amides is 1. The second-order valence-corrected chi connectivity index (χ2v) is 8.83. The lowest BCUT2D eigenvalue weighted by Crippen LogP contribution is -2.34. The molecule has 180 valence electrons. The summed E-state index contributed by atoms with van der Waals surface area (Å²) in [6.45, 7) is 6.90. The number of carbonyl (C=O) groups is 2. The van der Waals surface area contributed by atoms with Crippen LogP contribution in [0.2, 0.25) is 0 Å². The molecule has 1 heterocycles. The Morgan fingerprint density at radius 1 is 1.00 bits per heavy atom. The van der Waals surface area contributed by atoms with Crippen molar-refractivity contribution >= 4 is 29.3 Å². The maximum atomic E-state index is 13.0. The lowest BCUT2D eigenvalue weighted by molar-refractivity contribution is -0.129. The van der Waals surface area contributed by atoms with Crippen LogP contribution < -0.4 is 10.6 Å². The zero-order valence-electron chi connectivity index (χ0n) is 20.0. The molecule has 0 unspecified atom stereocenters. The Kier molecular flexibility index (Phi) is 9.09. The molecule has 0 spiro atoms. The first-order chi connectivity index (χ1) is 16.4. The van der Waals surface area contributed by atoms with Crippen LogP contribution in [0, 0.1) is 0 Å². The van der Waals surface area contributed by atoms with Crippen molar-refractivity contribution in [2.45, 2.75) is 32.0 Å². The highest BCUT2D eigenvalue weighted by Crippen LogP contribution is 2.25. The predicted octanol–water partition coefficient (Wildman–Crippen LogP) is 3.32. The van der Waals surface area contributed by atoms with Gasteiger partial charge in [-0.3, -0.25) is 9.59 Å². The van der Waals surface area contributed by atoms with E-state index in [1.165, 1.54) is 17.4 Å². The number of nitrogens with zero attached hydrogens (tertiary/aromatic N) is 5. The third-order valence-electron chi connectivity index (χ3n) is 5.61. The molecule has 2 amide bonds. The van der Waals surface area contributed by atoms with Gasteiger partial charge < -0.3 is 20.1 Å². The largest absolute Gasteiger partial charge is 0.372 e. The van der Waals surface area contributed by atoms with Crippen LogP contribution in [0.4, 0.5) is 5.69 Å². The topological polar surface area (TPSA) is 97.4 Å². The van der Waals surface area contributed by atoms with Gasteiger partial charge in [0.2, 0.25) is 11.8 Å². The highest BCUT2D eigenvalue weighted by Gasteiger charge is 2.18. The molecule has 0 fully saturated rings. The summed E-state index contributed by atoms with van der Waals surface area (Å²) in [5, 5.41) is 9.29. The molecule has 0 aliphatic carbocycles. The average molecular weight is 481 g/mol. The van der Waals surface area contributed by atoms with Crippen LogP contribution in [-0.4, -0.2) is 56.9 Å². The van der Waals surface area contributed by atoms with Crippen LogP contribution in [0.3, 0.4) is 0 Å². The van der Waals surface area contributed by atoms with Gasteiger partial charge in [-0.1, -0.05) is 42.1 Å². The zero-order chi connectivity index (χ0) is 24.5. The van der Waals surface area contributed by atoms with Gasteiger partial charge in [-0.05, 0) is 43.7 Å². The number of amides is 2. The van der Waals surface area contributed by atoms with E-state index in [-0.39, 0.29) is 24.6 Å². The van der Waals surface area contributed by atoms with Crippen molar-refractivity contribution < 1.29 is 9.59 Å². The number of rotatable bonds is 12. The third-order valence-corrected chi connectivity index (χ3v) is 6.62. The summed E-state index contributed by atoms with van der Waals surface area (Å²) in [6.07, 6.45) is 0.126. The fraction of sp³-hybridized carbons (Fsp3) is 0.360. The van der Waals surface area contributed by atoms with Crippen molar-refractivity contribution in [1.82, 2.24) is 19.7 Å². The van der Waals surface area contributed by atoms with Gasteiger partial charge in [-0.25, -0.2) is 0 Å². The second kappa shape index (κ2) is 12.2. The smallest absolute Gasteiger partial charge is 0.233 e. The van der Waals surface area contributed by atoms with Crippen molar-refractivity contribution in [3.05, 3.63) is 60.2 Å². The van der Waals surface area contributed by atoms with Crippen molar-refractivity contribution in [3.8, 4) is 11.4 Å². The first-order valence-electron chi connectivity index (χ1n) is 11.4. The van der Waals surface area contributed by atoms with E-state index < -0.39 is 5.91 Å². The van der Waals surface area contributed by atoms with Crippen LogP contribution in [0.25, 0.3) is 11.4 Å². The van der Waals surface area contributed by atoms with Crippen LogP contribution in [0.5, 0.6) is 0 Å². The maximum Gasteiger partial charge on any atom is 0.233 e. The van der Waals surface area contributed by atoms with Gasteiger partial charge in [0, 0.05) is 50.9 Å². The summed E-state index contributed by atoms with van der Waals surface area (Å²) < 4.78 is 1.90. The summed E-state index contributed by atoms with van der Waals surface area (Å²) in [4.78, 5) is 28.2. The molecular formula is C25H32N6O2S. The van der Waals surface area contributed by atoms with E-state index in [0.717, 1.165) is 30.0 Å². The van der Waals surface area contributed by atoms with Crippen molar-refractivity contribution in [2.75, 3.05) is 30.3 Å². The molecule has 0 saturated heterocycles. The summed E-state index contributed by atoms with van der Waals surface area (Å²) in [7, 11) is 1.90. The molecule has 0 saturated carbocycles. The number of benzene rings is 2. The number of hydrogen-bond acceptors (Lipinski definition) is 6. The number of hydrogen-bond donors (Lipinski definition) is 1. The molecule has 0 aliphatic rings. The van der Waals surface area contributed by atoms with Gasteiger partial charge in [0.25, 0.3) is 0 Å². The number of nitrogens with two attached hydrogens (primary N) is 1. The van der Waals surface area contributed by atoms with E-state index in [4.69, 9.17) is 5.73 Å². The number of anilines is 1. The number of carbonyl (C=O) groups excluding carboxylic acids is 2. The molecule has 3 rings (SSSR count). The van der Waals surface area contributed by atoms with Gasteiger partial charge >= 0.3 is 0 Å². The Balaban J connectivity index is 1.67. The molecule has 9 heteroatoms. The Morgan fingerprint density at radius 2 is 1.68 bits per heavy atom. The molecule has 8 nitrogen and oxygen atoms in total. The summed E-state index contributed by atoms with van der Waals surface area (Å²) in [5.74, 6) is 0.431. The average Bonchev–Trinajstić information content (AvgIpc) is 3.22. The van der Waals surface area contributed by atoms with E-state index in [0.29, 0.717) is 11.7 Å². The molecule has 1 aromatic heterocycles. The molecule has 2 N–H and O–H groups in total. The van der Waals surface area contributed by atoms with Crippen LogP contribution in [-0.2, 0) is 23.2 Å². The normalized spacial score (nSPS) is 10.8. The Labute approximate surface area is 205 Å². The Morgan fingerprint density at radius 3 is 2.29 bits per heavy atom. The third kappa shape index (κ3) is 6.60. The highest BCUT2D eigenvalue weighted by molar-refractivity contribution is 7.99. The van der Waals surface area contributed by atoms with Crippen LogP contribution in [0.15, 0.2) is 59.8 Å². The minimum Gasteiger partial charge on any atom is -0.372 e. The minimum absolute atomic E-state index is 0.0803. The number of aromatic nitrogens is 3. The van der Waals surface area contributed by atoms with Gasteiger partial charge in [0.1, 0.15) is 0 Å². The molecule has 2 aromatic carbocycles. The van der Waals surface area contributed by atoms with Gasteiger partial charge in [-0.2, -0.15) is 0 Å². The lowest BCUT2D eigenvalue weighted by atomic mass is 10.2. The quantitative estimate of drug-likeness (QED) is 0.400. The Hall–Kier alpha value is -3.33. The SMILES string of the molecule is CCN(CC)c1ccc(-c2nnc(SCC(=O)N(CCC(N)=O)Cc3ccccc3)n2C)cc1. The van der Waals surface area contributed by atoms with Crippen molar-refractivity contribution in [2.24, 2.45) is 12.8 Å². The monoisotopic (exact) mass is 480 g/mol. The van der Waals surface area contributed by atoms with Gasteiger partial charge in [0.05, 0.1) is 5.75 Å². The van der Waals surface area contributed by atoms with Crippen LogP contribution in [0.1, 0.15) is 25.8 Å². The second-order valence-electron chi connectivity index (χ2n) is 7.89. The van der Waals surface area contributed by atoms with E-state index in [9.17, 15) is 9.59 Å². The van der Waals surface area contributed by atoms with Gasteiger partial charge in [-0.15, -0.1) is 10.2 Å². The molecular weight excluding hydrogens is 448 g/mol. The molecule has 3 aromatic rings. The summed E-state index contributed by atoms with van der Waals surface area (Å²) in [5.41, 5.74) is 8.45. The standard InChI is InChI=1S/C25H32N6O2S/c1-4-30(5-2)21-13-11-20(12-14-21)24-27-28-25(29(24)3)34-18-23(33)31(16-15-22(26)32)17-19-9-7-6-8-10-19/h6-14H,4-5,15-18H2,1-3H3,(H2,26,32). The maximum absolute atomic E-state index is 13.0. The molecule has 0 aliphatic heterocycles. The summed E-state index contributed by atoms with van der Waals surface area (Å²) >= 11 is 1.33. The van der Waals surface area contributed by atoms with E-state index in [1.54, 1.807) is 4.90 Å². The van der Waals surface area contributed by atoms with E-state index >= 15 is 0 Å². The molecule has 34 heavy (non-hydrogen) atoms. The molecule has 0 bridgehead atoms. The first-order valence-corrected chi connectivity index (χ1v) is 12.4. The molecule has 0 radical (unpaired) electrons. The number of thioether (sulfide) groups is 1. The minimum atomic E-state index is -0.427. The fourth-order valence-corrected chi connectivity index (χ4v) is 4.47. The first kappa shape index (κ1) is 25.3. The summed E-state index contributed by atoms with van der Waals surface area (Å²) in [6, 6.07) is 18.0. The van der Waals surface area contributed by atoms with E-state index in [1.807, 2.05) is 54.1 Å². The van der Waals surface area contributed by atoms with Crippen molar-refractivity contribution in [3.63, 3.8) is 0 Å². The van der Waals surface area contributed by atoms with Crippen LogP contribution >= 0.6 is 11.8 Å².